The average molecular weight is 479 g/mol. The molecule has 0 N–H and O–H groups in total. The zero-order chi connectivity index (χ0) is 21.4. The summed E-state index contributed by atoms with van der Waals surface area (Å²) < 4.78 is 4.32. The summed E-state index contributed by atoms with van der Waals surface area (Å²) in [6.07, 6.45) is 8.31. The van der Waals surface area contributed by atoms with E-state index in [1.807, 2.05) is 48.5 Å². The second-order valence-corrected chi connectivity index (χ2v) is 6.56. The highest BCUT2D eigenvalue weighted by Crippen LogP contribution is 1.97. The summed E-state index contributed by atoms with van der Waals surface area (Å²) in [6, 6.07) is 33.1. The summed E-state index contributed by atoms with van der Waals surface area (Å²) >= 11 is 0. The first-order chi connectivity index (χ1) is 14.6. The van der Waals surface area contributed by atoms with Crippen LogP contribution in [-0.4, -0.2) is 5.97 Å². The first-order valence-electron chi connectivity index (χ1n) is 9.77. The third-order valence-electron chi connectivity index (χ3n) is 3.97. The van der Waals surface area contributed by atoms with Gasteiger partial charge >= 0.3 is 0 Å². The van der Waals surface area contributed by atoms with Gasteiger partial charge in [0.25, 0.3) is 0 Å². The molecule has 0 aliphatic heterocycles. The van der Waals surface area contributed by atoms with Crippen LogP contribution in [0.25, 0.3) is 0 Å². The maximum Gasteiger partial charge on any atom is 0.173 e. The fraction of sp³-hybridized carbons (Fsp3) is 0.115. The highest BCUT2D eigenvalue weighted by Gasteiger charge is 1.99. The maximum absolute atomic E-state index is 8.89. The van der Waals surface area contributed by atoms with E-state index in [2.05, 4.69) is 82.5 Å². The predicted molar refractivity (Wildman–Crippen MR) is 115 cm³/mol. The van der Waals surface area contributed by atoms with Crippen molar-refractivity contribution in [2.45, 2.75) is 20.0 Å². The molecule has 0 amide bonds. The largest absolute Gasteiger partial charge is 1.00 e. The minimum absolute atomic E-state index is 0. The van der Waals surface area contributed by atoms with Gasteiger partial charge in [0.1, 0.15) is 0 Å². The van der Waals surface area contributed by atoms with Gasteiger partial charge in [-0.05, 0) is 6.92 Å². The third kappa shape index (κ3) is 12.1. The standard InChI is InChI=1S/2C12H12N.C2H4O2.BrH/c2*1-3-7-12(8-4-1)11-13-9-5-2-6-10-13;1-2(3)4;/h2*1-10H,11H2;1H3,(H,3,4);1H/q2*+1;;/p-2. The van der Waals surface area contributed by atoms with Crippen LogP contribution < -0.4 is 31.2 Å². The molecule has 0 aliphatic rings. The monoisotopic (exact) mass is 478 g/mol. The van der Waals surface area contributed by atoms with Crippen LogP contribution in [0.2, 0.25) is 0 Å². The summed E-state index contributed by atoms with van der Waals surface area (Å²) in [5, 5.41) is 8.89. The molecule has 0 radical (unpaired) electrons. The Balaban J connectivity index is 0.000000258. The highest BCUT2D eigenvalue weighted by molar-refractivity contribution is 5.60. The number of aliphatic carboxylic acids is 1. The van der Waals surface area contributed by atoms with Gasteiger partial charge in [0.05, 0.1) is 0 Å². The molecule has 2 heterocycles. The first-order valence-corrected chi connectivity index (χ1v) is 9.77. The molecule has 5 heteroatoms. The van der Waals surface area contributed by atoms with Crippen LogP contribution >= 0.6 is 0 Å². The normalized spacial score (nSPS) is 9.06. The Morgan fingerprint density at radius 1 is 0.613 bits per heavy atom. The van der Waals surface area contributed by atoms with E-state index in [1.165, 1.54) is 11.1 Å². The third-order valence-corrected chi connectivity index (χ3v) is 3.97. The van der Waals surface area contributed by atoms with E-state index >= 15 is 0 Å². The average Bonchev–Trinajstić information content (AvgIpc) is 2.77. The number of carboxylic acids is 1. The van der Waals surface area contributed by atoms with Crippen molar-refractivity contribution in [3.05, 3.63) is 133 Å². The minimum Gasteiger partial charge on any atom is -1.00 e. The highest BCUT2D eigenvalue weighted by atomic mass is 79.9. The number of benzene rings is 2. The van der Waals surface area contributed by atoms with E-state index in [9.17, 15) is 0 Å². The summed E-state index contributed by atoms with van der Waals surface area (Å²) in [6.45, 7) is 2.86. The van der Waals surface area contributed by atoms with Crippen molar-refractivity contribution >= 4 is 5.97 Å². The summed E-state index contributed by atoms with van der Waals surface area (Å²) in [7, 11) is 0. The number of hydrogen-bond acceptors (Lipinski definition) is 2. The summed E-state index contributed by atoms with van der Waals surface area (Å²) in [5.74, 6) is -1.08. The number of carboxylic acid groups (broad SMARTS) is 1. The van der Waals surface area contributed by atoms with E-state index in [4.69, 9.17) is 9.90 Å². The van der Waals surface area contributed by atoms with E-state index in [1.54, 1.807) is 0 Å². The lowest BCUT2D eigenvalue weighted by Gasteiger charge is -1.95. The van der Waals surface area contributed by atoms with Crippen molar-refractivity contribution in [1.82, 2.24) is 0 Å². The van der Waals surface area contributed by atoms with Crippen molar-refractivity contribution in [3.8, 4) is 0 Å². The van der Waals surface area contributed by atoms with Gasteiger partial charge < -0.3 is 26.9 Å². The van der Waals surface area contributed by atoms with Crippen molar-refractivity contribution in [2.24, 2.45) is 0 Å². The molecule has 2 aromatic heterocycles. The Morgan fingerprint density at radius 2 is 0.871 bits per heavy atom. The molecule has 0 saturated heterocycles. The van der Waals surface area contributed by atoms with Crippen LogP contribution in [0.5, 0.6) is 0 Å². The molecule has 31 heavy (non-hydrogen) atoms. The molecule has 0 spiro atoms. The van der Waals surface area contributed by atoms with Crippen LogP contribution in [0.15, 0.2) is 122 Å². The molecule has 0 saturated carbocycles. The van der Waals surface area contributed by atoms with Crippen LogP contribution in [0.1, 0.15) is 18.1 Å². The SMILES string of the molecule is CC(=O)[O-].[Br-].c1ccc(C[n+]2ccccc2)cc1.c1ccc(C[n+]2ccccc2)cc1. The van der Waals surface area contributed by atoms with Gasteiger partial charge in [-0.1, -0.05) is 72.8 Å². The van der Waals surface area contributed by atoms with Crippen LogP contribution in [0, 0.1) is 0 Å². The number of carbonyl (C=O) groups excluding carboxylic acids is 1. The lowest BCUT2D eigenvalue weighted by atomic mass is 10.2. The Hall–Kier alpha value is -3.31. The topological polar surface area (TPSA) is 47.9 Å². The molecular weight excluding hydrogens is 452 g/mol. The summed E-state index contributed by atoms with van der Waals surface area (Å²) in [4.78, 5) is 8.89. The number of carbonyl (C=O) groups is 1. The Labute approximate surface area is 194 Å². The van der Waals surface area contributed by atoms with Crippen LogP contribution in [0.3, 0.4) is 0 Å². The van der Waals surface area contributed by atoms with Gasteiger partial charge in [-0.15, -0.1) is 0 Å². The van der Waals surface area contributed by atoms with Crippen molar-refractivity contribution in [3.63, 3.8) is 0 Å². The Bertz CT molecular complexity index is 811. The zero-order valence-corrected chi connectivity index (χ0v) is 19.1. The van der Waals surface area contributed by atoms with Gasteiger partial charge in [-0.2, -0.15) is 0 Å². The van der Waals surface area contributed by atoms with E-state index in [-0.39, 0.29) is 17.0 Å². The van der Waals surface area contributed by atoms with Gasteiger partial charge in [-0.25, -0.2) is 9.13 Å². The smallest absolute Gasteiger partial charge is 0.173 e. The lowest BCUT2D eigenvalue weighted by molar-refractivity contribution is -0.688. The Kier molecular flexibility index (Phi) is 12.9. The minimum atomic E-state index is -1.08. The molecular formula is C26H27BrN2O2. The van der Waals surface area contributed by atoms with Crippen molar-refractivity contribution < 1.29 is 36.0 Å². The van der Waals surface area contributed by atoms with E-state index in [0.717, 1.165) is 20.0 Å². The zero-order valence-electron chi connectivity index (χ0n) is 17.6. The molecule has 0 bridgehead atoms. The van der Waals surface area contributed by atoms with Gasteiger partial charge in [-0.3, -0.25) is 0 Å². The molecule has 4 aromatic rings. The lowest BCUT2D eigenvalue weighted by Crippen LogP contribution is -3.00. The number of nitrogens with zero attached hydrogens (tertiary/aromatic N) is 2. The molecule has 160 valence electrons. The second kappa shape index (κ2) is 15.5. The number of hydrogen-bond donors (Lipinski definition) is 0. The molecule has 0 unspecified atom stereocenters. The molecule has 4 rings (SSSR count). The fourth-order valence-electron chi connectivity index (χ4n) is 2.67. The van der Waals surface area contributed by atoms with Crippen LogP contribution in [-0.2, 0) is 17.9 Å². The van der Waals surface area contributed by atoms with Crippen molar-refractivity contribution in [2.75, 3.05) is 0 Å². The molecule has 0 atom stereocenters. The number of pyridine rings is 2. The van der Waals surface area contributed by atoms with Crippen molar-refractivity contribution in [1.29, 1.82) is 0 Å². The molecule has 4 nitrogen and oxygen atoms in total. The van der Waals surface area contributed by atoms with Crippen LogP contribution in [0.4, 0.5) is 0 Å². The molecule has 2 aromatic carbocycles. The molecule has 0 fully saturated rings. The van der Waals surface area contributed by atoms with E-state index in [0.29, 0.717) is 0 Å². The second-order valence-electron chi connectivity index (χ2n) is 6.56. The van der Waals surface area contributed by atoms with Gasteiger partial charge in [0.15, 0.2) is 37.9 Å². The van der Waals surface area contributed by atoms with E-state index < -0.39 is 5.97 Å². The predicted octanol–water partition coefficient (Wildman–Crippen LogP) is -0.195. The first kappa shape index (κ1) is 25.7. The van der Waals surface area contributed by atoms with Gasteiger partial charge in [0, 0.05) is 41.4 Å². The quantitative estimate of drug-likeness (QED) is 0.381. The fourth-order valence-corrected chi connectivity index (χ4v) is 2.67. The number of rotatable bonds is 4. The molecule has 0 aliphatic carbocycles. The Morgan fingerprint density at radius 3 is 1.16 bits per heavy atom. The number of halogens is 1. The maximum atomic E-state index is 8.89. The van der Waals surface area contributed by atoms with Gasteiger partial charge in [0.2, 0.25) is 0 Å². The number of aromatic nitrogens is 2. The summed E-state index contributed by atoms with van der Waals surface area (Å²) in [5.41, 5.74) is 2.66.